The Bertz CT molecular complexity index is 332. The van der Waals surface area contributed by atoms with Gasteiger partial charge in [0.15, 0.2) is 0 Å². The molecule has 4 heteroatoms. The number of nitrogens with one attached hydrogen (secondary N) is 1. The van der Waals surface area contributed by atoms with Gasteiger partial charge in [-0.1, -0.05) is 11.6 Å². The van der Waals surface area contributed by atoms with Gasteiger partial charge >= 0.3 is 5.97 Å². The number of aliphatic carboxylic acids is 1. The van der Waals surface area contributed by atoms with E-state index < -0.39 is 17.3 Å². The minimum Gasteiger partial charge on any atom is -0.480 e. The molecule has 4 nitrogen and oxygen atoms in total. The van der Waals surface area contributed by atoms with E-state index in [1.54, 1.807) is 0 Å². The van der Waals surface area contributed by atoms with Crippen molar-refractivity contribution < 1.29 is 14.7 Å². The molecule has 1 aliphatic carbocycles. The third-order valence-electron chi connectivity index (χ3n) is 3.22. The fraction of sp³-hybridized carbons (Fsp3) is 0.692. The number of rotatable bonds is 5. The molecule has 0 bridgehead atoms. The topological polar surface area (TPSA) is 66.4 Å². The van der Waals surface area contributed by atoms with Gasteiger partial charge in [-0.05, 0) is 46.0 Å². The number of carboxylic acids is 1. The molecule has 0 saturated heterocycles. The molecule has 0 aromatic carbocycles. The lowest BCUT2D eigenvalue weighted by atomic mass is 9.92. The van der Waals surface area contributed by atoms with Crippen molar-refractivity contribution in [3.8, 4) is 0 Å². The van der Waals surface area contributed by atoms with Gasteiger partial charge in [-0.2, -0.15) is 0 Å². The second-order valence-electron chi connectivity index (χ2n) is 5.04. The SMILES string of the molecule is CC(C)(C(=O)O)C(=O)NCCC1=CCCCC1. The van der Waals surface area contributed by atoms with Gasteiger partial charge in [-0.3, -0.25) is 9.59 Å². The third kappa shape index (κ3) is 3.88. The van der Waals surface area contributed by atoms with E-state index in [1.165, 1.54) is 32.3 Å². The highest BCUT2D eigenvalue weighted by Gasteiger charge is 2.35. The van der Waals surface area contributed by atoms with Crippen LogP contribution in [0.5, 0.6) is 0 Å². The molecule has 0 fully saturated rings. The van der Waals surface area contributed by atoms with Crippen LogP contribution in [0.15, 0.2) is 11.6 Å². The minimum atomic E-state index is -1.35. The summed E-state index contributed by atoms with van der Waals surface area (Å²) in [7, 11) is 0. The van der Waals surface area contributed by atoms with Crippen LogP contribution >= 0.6 is 0 Å². The van der Waals surface area contributed by atoms with Crippen LogP contribution in [0.3, 0.4) is 0 Å². The fourth-order valence-corrected chi connectivity index (χ4v) is 1.79. The van der Waals surface area contributed by atoms with E-state index >= 15 is 0 Å². The Kier molecular flexibility index (Phi) is 4.73. The molecule has 0 heterocycles. The van der Waals surface area contributed by atoms with Crippen LogP contribution in [0, 0.1) is 5.41 Å². The molecule has 0 aromatic rings. The van der Waals surface area contributed by atoms with Gasteiger partial charge in [0.2, 0.25) is 5.91 Å². The molecule has 0 saturated carbocycles. The maximum absolute atomic E-state index is 11.6. The van der Waals surface area contributed by atoms with E-state index in [0.717, 1.165) is 19.3 Å². The quantitative estimate of drug-likeness (QED) is 0.570. The van der Waals surface area contributed by atoms with Gasteiger partial charge in [0.05, 0.1) is 0 Å². The Labute approximate surface area is 102 Å². The lowest BCUT2D eigenvalue weighted by molar-refractivity contribution is -0.153. The number of hydrogen-bond acceptors (Lipinski definition) is 2. The number of amides is 1. The number of carbonyl (C=O) groups excluding carboxylic acids is 1. The molecule has 0 atom stereocenters. The van der Waals surface area contributed by atoms with Crippen LogP contribution in [-0.2, 0) is 9.59 Å². The molecule has 0 unspecified atom stereocenters. The lowest BCUT2D eigenvalue weighted by Crippen LogP contribution is -2.42. The number of hydrogen-bond donors (Lipinski definition) is 2. The van der Waals surface area contributed by atoms with E-state index in [4.69, 9.17) is 5.11 Å². The highest BCUT2D eigenvalue weighted by molar-refractivity contribution is 6.00. The van der Waals surface area contributed by atoms with Crippen molar-refractivity contribution in [3.05, 3.63) is 11.6 Å². The first-order chi connectivity index (χ1) is 7.94. The van der Waals surface area contributed by atoms with Crippen molar-refractivity contribution in [1.82, 2.24) is 5.32 Å². The van der Waals surface area contributed by atoms with E-state index in [1.807, 2.05) is 0 Å². The number of carbonyl (C=O) groups is 2. The highest BCUT2D eigenvalue weighted by atomic mass is 16.4. The standard InChI is InChI=1S/C13H21NO3/c1-13(2,12(16)17)11(15)14-9-8-10-6-4-3-5-7-10/h6H,3-5,7-9H2,1-2H3,(H,14,15)(H,16,17). The van der Waals surface area contributed by atoms with Crippen LogP contribution in [0.1, 0.15) is 46.0 Å². The van der Waals surface area contributed by atoms with Crippen molar-refractivity contribution >= 4 is 11.9 Å². The normalized spacial score (nSPS) is 16.2. The van der Waals surface area contributed by atoms with Gasteiger partial charge in [0, 0.05) is 6.54 Å². The molecule has 0 aliphatic heterocycles. The molecular formula is C13H21NO3. The fourth-order valence-electron chi connectivity index (χ4n) is 1.79. The Morgan fingerprint density at radius 3 is 2.65 bits per heavy atom. The van der Waals surface area contributed by atoms with Crippen molar-refractivity contribution in [2.75, 3.05) is 6.54 Å². The van der Waals surface area contributed by atoms with Crippen molar-refractivity contribution in [2.45, 2.75) is 46.0 Å². The summed E-state index contributed by atoms with van der Waals surface area (Å²) < 4.78 is 0. The molecule has 0 spiro atoms. The Morgan fingerprint density at radius 2 is 2.12 bits per heavy atom. The van der Waals surface area contributed by atoms with Gasteiger partial charge in [0.1, 0.15) is 5.41 Å². The van der Waals surface area contributed by atoms with E-state index in [0.29, 0.717) is 6.54 Å². The summed E-state index contributed by atoms with van der Waals surface area (Å²) in [5.41, 5.74) is 0.0331. The average Bonchev–Trinajstić information content (AvgIpc) is 2.30. The Balaban J connectivity index is 2.33. The van der Waals surface area contributed by atoms with Crippen molar-refractivity contribution in [3.63, 3.8) is 0 Å². The maximum Gasteiger partial charge on any atom is 0.318 e. The molecule has 17 heavy (non-hydrogen) atoms. The zero-order valence-electron chi connectivity index (χ0n) is 10.6. The van der Waals surface area contributed by atoms with Crippen LogP contribution < -0.4 is 5.32 Å². The van der Waals surface area contributed by atoms with Crippen LogP contribution in [0.2, 0.25) is 0 Å². The molecule has 0 aromatic heterocycles. The number of allylic oxidation sites excluding steroid dienone is 1. The summed E-state index contributed by atoms with van der Waals surface area (Å²) in [4.78, 5) is 22.5. The van der Waals surface area contributed by atoms with Crippen LogP contribution in [-0.4, -0.2) is 23.5 Å². The molecular weight excluding hydrogens is 218 g/mol. The van der Waals surface area contributed by atoms with Gasteiger partial charge in [0.25, 0.3) is 0 Å². The molecule has 96 valence electrons. The van der Waals surface area contributed by atoms with E-state index in [2.05, 4.69) is 11.4 Å². The Hall–Kier alpha value is -1.32. The lowest BCUT2D eigenvalue weighted by Gasteiger charge is -2.19. The first-order valence-electron chi connectivity index (χ1n) is 6.14. The molecule has 0 radical (unpaired) electrons. The molecule has 1 rings (SSSR count). The number of carboxylic acid groups (broad SMARTS) is 1. The largest absolute Gasteiger partial charge is 0.480 e. The van der Waals surface area contributed by atoms with Gasteiger partial charge in [-0.15, -0.1) is 0 Å². The highest BCUT2D eigenvalue weighted by Crippen LogP contribution is 2.20. The van der Waals surface area contributed by atoms with Crippen molar-refractivity contribution in [2.24, 2.45) is 5.41 Å². The van der Waals surface area contributed by atoms with E-state index in [9.17, 15) is 9.59 Å². The summed E-state index contributed by atoms with van der Waals surface area (Å²) in [5.74, 6) is -1.51. The Morgan fingerprint density at radius 1 is 1.41 bits per heavy atom. The summed E-state index contributed by atoms with van der Waals surface area (Å²) in [6.45, 7) is 3.37. The third-order valence-corrected chi connectivity index (χ3v) is 3.22. The summed E-state index contributed by atoms with van der Waals surface area (Å²) >= 11 is 0. The summed E-state index contributed by atoms with van der Waals surface area (Å²) in [6.07, 6.45) is 7.78. The van der Waals surface area contributed by atoms with Gasteiger partial charge < -0.3 is 10.4 Å². The maximum atomic E-state index is 11.6. The summed E-state index contributed by atoms with van der Waals surface area (Å²) in [6, 6.07) is 0. The van der Waals surface area contributed by atoms with Gasteiger partial charge in [-0.25, -0.2) is 0 Å². The smallest absolute Gasteiger partial charge is 0.318 e. The zero-order valence-corrected chi connectivity index (χ0v) is 10.6. The molecule has 2 N–H and O–H groups in total. The van der Waals surface area contributed by atoms with Crippen LogP contribution in [0.4, 0.5) is 0 Å². The first kappa shape index (κ1) is 13.7. The average molecular weight is 239 g/mol. The molecule has 1 amide bonds. The second kappa shape index (κ2) is 5.84. The monoisotopic (exact) mass is 239 g/mol. The predicted octanol–water partition coefficient (Wildman–Crippen LogP) is 2.10. The minimum absolute atomic E-state index is 0.415. The molecule has 1 aliphatic rings. The van der Waals surface area contributed by atoms with Crippen molar-refractivity contribution in [1.29, 1.82) is 0 Å². The first-order valence-corrected chi connectivity index (χ1v) is 6.14. The van der Waals surface area contributed by atoms with Crippen LogP contribution in [0.25, 0.3) is 0 Å². The second-order valence-corrected chi connectivity index (χ2v) is 5.04. The zero-order chi connectivity index (χ0) is 12.9. The van der Waals surface area contributed by atoms with E-state index in [-0.39, 0.29) is 0 Å². The predicted molar refractivity (Wildman–Crippen MR) is 65.6 cm³/mol. The summed E-state index contributed by atoms with van der Waals surface area (Å²) in [5, 5.41) is 11.6.